The fourth-order valence-electron chi connectivity index (χ4n) is 5.40. The van der Waals surface area contributed by atoms with E-state index in [0.29, 0.717) is 25.7 Å². The highest BCUT2D eigenvalue weighted by Crippen LogP contribution is 2.36. The molecule has 284 valence electrons. The maximum absolute atomic E-state index is 12.4. The summed E-state index contributed by atoms with van der Waals surface area (Å²) in [4.78, 5) is 42.7. The fourth-order valence-corrected chi connectivity index (χ4v) is 5.76. The van der Waals surface area contributed by atoms with E-state index < -0.39 is 44.7 Å². The van der Waals surface area contributed by atoms with Crippen LogP contribution in [0.25, 0.3) is 0 Å². The molecule has 0 unspecified atom stereocenters. The number of unbranched alkanes of at least 4 members (excludes halogenated alkanes) is 16. The largest absolute Gasteiger partial charge is 0.469 e. The number of hydrogen-bond acceptors (Lipinski definition) is 8. The summed E-state index contributed by atoms with van der Waals surface area (Å²) in [5.74, 6) is -0.203. The predicted octanol–water partition coefficient (Wildman–Crippen LogP) is 8.87. The number of carbonyl (C=O) groups excluding carboxylic acids is 2. The van der Waals surface area contributed by atoms with Crippen molar-refractivity contribution in [2.24, 2.45) is 5.92 Å². The van der Waals surface area contributed by atoms with E-state index in [9.17, 15) is 24.4 Å². The van der Waals surface area contributed by atoms with Crippen LogP contribution < -0.4 is 0 Å². The Kier molecular flexibility index (Phi) is 30.8. The standard InChI is InChI=1S/C37H71O10P/c1-4-5-6-7-16-21-26-34(38)35(39)27-22-17-14-19-24-29-37(41)47-33(31-46-48(42,43)44)30-45-36(40)28-23-18-13-11-9-8-10-12-15-20-25-32(2)3/h16,21,32-35,38-39H,4-15,17-20,22-31H2,1-3H3,(H2,42,43,44)/b21-16-/t33-,34+,35+/m1/s1. The van der Waals surface area contributed by atoms with Crippen molar-refractivity contribution in [2.75, 3.05) is 13.2 Å². The van der Waals surface area contributed by atoms with E-state index in [-0.39, 0.29) is 19.4 Å². The summed E-state index contributed by atoms with van der Waals surface area (Å²) in [5.41, 5.74) is 0. The third-order valence-electron chi connectivity index (χ3n) is 8.41. The number of aliphatic hydroxyl groups is 2. The first-order valence-corrected chi connectivity index (χ1v) is 20.5. The number of esters is 2. The van der Waals surface area contributed by atoms with Crippen LogP contribution in [0, 0.1) is 5.92 Å². The van der Waals surface area contributed by atoms with Gasteiger partial charge in [-0.25, -0.2) is 4.57 Å². The summed E-state index contributed by atoms with van der Waals surface area (Å²) in [6.45, 7) is 5.79. The van der Waals surface area contributed by atoms with E-state index in [0.717, 1.165) is 63.7 Å². The zero-order valence-electron chi connectivity index (χ0n) is 30.5. The van der Waals surface area contributed by atoms with Gasteiger partial charge < -0.3 is 29.5 Å². The van der Waals surface area contributed by atoms with Crippen molar-refractivity contribution in [3.63, 3.8) is 0 Å². The molecular formula is C37H71O10P. The lowest BCUT2D eigenvalue weighted by atomic mass is 10.0. The van der Waals surface area contributed by atoms with Gasteiger partial charge in [0.2, 0.25) is 0 Å². The minimum atomic E-state index is -4.79. The number of phosphoric ester groups is 1. The summed E-state index contributed by atoms with van der Waals surface area (Å²) < 4.78 is 26.2. The molecule has 3 atom stereocenters. The zero-order valence-corrected chi connectivity index (χ0v) is 31.4. The van der Waals surface area contributed by atoms with E-state index in [4.69, 9.17) is 19.3 Å². The van der Waals surface area contributed by atoms with Gasteiger partial charge in [0.1, 0.15) is 6.61 Å². The Morgan fingerprint density at radius 3 is 1.71 bits per heavy atom. The minimum absolute atomic E-state index is 0.115. The molecular weight excluding hydrogens is 635 g/mol. The first kappa shape index (κ1) is 46.7. The van der Waals surface area contributed by atoms with Gasteiger partial charge in [-0.15, -0.1) is 0 Å². The van der Waals surface area contributed by atoms with E-state index in [1.807, 2.05) is 6.08 Å². The van der Waals surface area contributed by atoms with Crippen molar-refractivity contribution < 1.29 is 48.2 Å². The molecule has 0 saturated carbocycles. The Hall–Kier alpha value is -1.29. The van der Waals surface area contributed by atoms with Crippen LogP contribution in [0.15, 0.2) is 12.2 Å². The van der Waals surface area contributed by atoms with Crippen LogP contribution in [0.3, 0.4) is 0 Å². The summed E-state index contributed by atoms with van der Waals surface area (Å²) >= 11 is 0. The van der Waals surface area contributed by atoms with Crippen LogP contribution >= 0.6 is 7.82 Å². The van der Waals surface area contributed by atoms with E-state index in [1.165, 1.54) is 57.8 Å². The van der Waals surface area contributed by atoms with Gasteiger partial charge in [0, 0.05) is 12.8 Å². The van der Waals surface area contributed by atoms with Crippen LogP contribution in [-0.4, -0.2) is 63.5 Å². The van der Waals surface area contributed by atoms with Gasteiger partial charge in [0.05, 0.1) is 18.8 Å². The number of carbonyl (C=O) groups is 2. The van der Waals surface area contributed by atoms with Crippen molar-refractivity contribution in [3.8, 4) is 0 Å². The van der Waals surface area contributed by atoms with E-state index in [2.05, 4.69) is 31.4 Å². The molecule has 0 heterocycles. The summed E-state index contributed by atoms with van der Waals surface area (Å²) in [7, 11) is -4.79. The lowest BCUT2D eigenvalue weighted by Gasteiger charge is -2.18. The smallest absolute Gasteiger partial charge is 0.462 e. The van der Waals surface area contributed by atoms with E-state index in [1.54, 1.807) is 0 Å². The van der Waals surface area contributed by atoms with Gasteiger partial charge in [-0.05, 0) is 44.4 Å². The molecule has 0 aromatic carbocycles. The Bertz CT molecular complexity index is 844. The number of hydrogen-bond donors (Lipinski definition) is 4. The Morgan fingerprint density at radius 2 is 1.17 bits per heavy atom. The van der Waals surface area contributed by atoms with Gasteiger partial charge in [-0.3, -0.25) is 14.1 Å². The normalized spacial score (nSPS) is 14.0. The Labute approximate surface area is 292 Å². The molecule has 0 fully saturated rings. The molecule has 48 heavy (non-hydrogen) atoms. The van der Waals surface area contributed by atoms with Gasteiger partial charge in [0.25, 0.3) is 0 Å². The molecule has 4 N–H and O–H groups in total. The van der Waals surface area contributed by atoms with Crippen molar-refractivity contribution in [1.82, 2.24) is 0 Å². The molecule has 0 rings (SSSR count). The van der Waals surface area contributed by atoms with Crippen molar-refractivity contribution >= 4 is 19.8 Å². The average Bonchev–Trinajstić information content (AvgIpc) is 3.03. The van der Waals surface area contributed by atoms with Crippen molar-refractivity contribution in [2.45, 2.75) is 193 Å². The van der Waals surface area contributed by atoms with Gasteiger partial charge >= 0.3 is 19.8 Å². The number of ether oxygens (including phenoxy) is 2. The van der Waals surface area contributed by atoms with Crippen LogP contribution in [0.5, 0.6) is 0 Å². The maximum Gasteiger partial charge on any atom is 0.469 e. The molecule has 0 aromatic rings. The Morgan fingerprint density at radius 1 is 0.646 bits per heavy atom. The highest BCUT2D eigenvalue weighted by molar-refractivity contribution is 7.46. The highest BCUT2D eigenvalue weighted by Gasteiger charge is 2.23. The number of phosphoric acid groups is 1. The predicted molar refractivity (Wildman–Crippen MR) is 191 cm³/mol. The SMILES string of the molecule is CCCCC/C=C\C[C@H](O)[C@@H](O)CCCCCCCC(=O)O[C@H](COC(=O)CCCCCCCCCCCCC(C)C)COP(=O)(O)O. The summed E-state index contributed by atoms with van der Waals surface area (Å²) in [5, 5.41) is 20.3. The maximum atomic E-state index is 12.4. The monoisotopic (exact) mass is 706 g/mol. The van der Waals surface area contributed by atoms with Gasteiger partial charge in [-0.1, -0.05) is 136 Å². The molecule has 10 nitrogen and oxygen atoms in total. The van der Waals surface area contributed by atoms with Crippen molar-refractivity contribution in [1.29, 1.82) is 0 Å². The topological polar surface area (TPSA) is 160 Å². The zero-order chi connectivity index (χ0) is 35.9. The van der Waals surface area contributed by atoms with Crippen LogP contribution in [0.1, 0.15) is 175 Å². The molecule has 0 spiro atoms. The summed E-state index contributed by atoms with van der Waals surface area (Å²) in [6, 6.07) is 0. The molecule has 0 radical (unpaired) electrons. The van der Waals surface area contributed by atoms with Gasteiger partial charge in [-0.2, -0.15) is 0 Å². The molecule has 0 aromatic heterocycles. The second kappa shape index (κ2) is 31.7. The average molecular weight is 707 g/mol. The number of aliphatic hydroxyl groups excluding tert-OH is 2. The molecule has 11 heteroatoms. The molecule has 0 aliphatic carbocycles. The lowest BCUT2D eigenvalue weighted by molar-refractivity contribution is -0.161. The molecule has 0 saturated heterocycles. The van der Waals surface area contributed by atoms with Crippen LogP contribution in [-0.2, 0) is 28.2 Å². The molecule has 0 aliphatic rings. The molecule has 0 bridgehead atoms. The summed E-state index contributed by atoms with van der Waals surface area (Å²) in [6.07, 6.45) is 23.9. The Balaban J connectivity index is 4.09. The lowest BCUT2D eigenvalue weighted by Crippen LogP contribution is -2.29. The first-order valence-electron chi connectivity index (χ1n) is 19.0. The van der Waals surface area contributed by atoms with Crippen LogP contribution in [0.4, 0.5) is 0 Å². The number of rotatable bonds is 34. The second-order valence-electron chi connectivity index (χ2n) is 13.7. The first-order chi connectivity index (χ1) is 22.9. The quantitative estimate of drug-likeness (QED) is 0.0220. The molecule has 0 aliphatic heterocycles. The highest BCUT2D eigenvalue weighted by atomic mass is 31.2. The third kappa shape index (κ3) is 33.2. The number of allylic oxidation sites excluding steroid dienone is 1. The second-order valence-corrected chi connectivity index (χ2v) is 14.9. The van der Waals surface area contributed by atoms with Gasteiger partial charge in [0.15, 0.2) is 6.10 Å². The van der Waals surface area contributed by atoms with Crippen LogP contribution in [0.2, 0.25) is 0 Å². The van der Waals surface area contributed by atoms with Crippen molar-refractivity contribution in [3.05, 3.63) is 12.2 Å². The third-order valence-corrected chi connectivity index (χ3v) is 8.90. The van der Waals surface area contributed by atoms with E-state index >= 15 is 0 Å². The fraction of sp³-hybridized carbons (Fsp3) is 0.892. The minimum Gasteiger partial charge on any atom is -0.462 e. The molecule has 0 amide bonds.